The molecule has 0 radical (unpaired) electrons. The first kappa shape index (κ1) is 26.0. The number of nitrogens with zero attached hydrogens (tertiary/aromatic N) is 4. The van der Waals surface area contributed by atoms with Gasteiger partial charge in [-0.25, -0.2) is 13.6 Å². The highest BCUT2D eigenvalue weighted by molar-refractivity contribution is 6.32. The van der Waals surface area contributed by atoms with Crippen LogP contribution in [0, 0.1) is 0 Å². The second-order valence-corrected chi connectivity index (χ2v) is 8.95. The fraction of sp³-hybridized carbons (Fsp3) is 0.333. The minimum atomic E-state index is -3.03. The molecule has 0 saturated carbocycles. The molecule has 0 unspecified atom stereocenters. The summed E-state index contributed by atoms with van der Waals surface area (Å²) in [4.78, 5) is 18.7. The summed E-state index contributed by atoms with van der Waals surface area (Å²) in [7, 11) is 0. The molecule has 0 aliphatic carbocycles. The molecule has 2 amide bonds. The molecule has 12 heteroatoms. The highest BCUT2D eigenvalue weighted by atomic mass is 35.5. The second kappa shape index (κ2) is 10.9. The number of aromatic nitrogens is 3. The lowest BCUT2D eigenvalue weighted by atomic mass is 10.0. The minimum Gasteiger partial charge on any atom is -0.421 e. The van der Waals surface area contributed by atoms with E-state index < -0.39 is 5.92 Å². The number of carbonyl (C=O) groups is 1. The number of rotatable bonds is 7. The van der Waals surface area contributed by atoms with Crippen molar-refractivity contribution >= 4 is 40.5 Å². The fourth-order valence-electron chi connectivity index (χ4n) is 3.71. The van der Waals surface area contributed by atoms with E-state index >= 15 is 0 Å². The van der Waals surface area contributed by atoms with Gasteiger partial charge in [-0.1, -0.05) is 36.2 Å². The maximum Gasteiger partial charge on any atom is 0.322 e. The number of pyridine rings is 1. The Morgan fingerprint density at radius 2 is 2.06 bits per heavy atom. The number of aliphatic hydroxyl groups is 1. The van der Waals surface area contributed by atoms with Gasteiger partial charge >= 0.3 is 6.03 Å². The van der Waals surface area contributed by atoms with E-state index in [9.17, 15) is 13.6 Å². The Labute approximate surface area is 215 Å². The van der Waals surface area contributed by atoms with Gasteiger partial charge in [-0.15, -0.1) is 10.2 Å². The molecule has 0 spiro atoms. The number of carbonyl (C=O) groups excluding carboxylic acids is 1. The number of benzene rings is 1. The van der Waals surface area contributed by atoms with Gasteiger partial charge in [-0.2, -0.15) is 0 Å². The quantitative estimate of drug-likeness (QED) is 0.394. The van der Waals surface area contributed by atoms with E-state index in [0.717, 1.165) is 5.57 Å². The lowest BCUT2D eigenvalue weighted by Gasteiger charge is -2.27. The molecule has 0 atom stereocenters. The molecule has 3 heterocycles. The lowest BCUT2D eigenvalue weighted by molar-refractivity contribution is -0.00815. The Balaban J connectivity index is 1.41. The Morgan fingerprint density at radius 3 is 2.69 bits per heavy atom. The predicted octanol–water partition coefficient (Wildman–Crippen LogP) is 5.80. The van der Waals surface area contributed by atoms with E-state index in [2.05, 4.69) is 20.5 Å². The third kappa shape index (κ3) is 5.66. The molecular weight excluding hydrogens is 515 g/mol. The van der Waals surface area contributed by atoms with Crippen molar-refractivity contribution in [3.63, 3.8) is 0 Å². The van der Waals surface area contributed by atoms with Crippen molar-refractivity contribution in [2.24, 2.45) is 0 Å². The molecule has 2 aromatic heterocycles. The summed E-state index contributed by atoms with van der Waals surface area (Å²) in [5.74, 6) is -2.46. The monoisotopic (exact) mass is 537 g/mol. The van der Waals surface area contributed by atoms with Crippen LogP contribution in [-0.4, -0.2) is 50.9 Å². The molecule has 2 N–H and O–H groups in total. The Morgan fingerprint density at radius 1 is 1.25 bits per heavy atom. The molecule has 1 aliphatic heterocycles. The van der Waals surface area contributed by atoms with Crippen LogP contribution in [0.5, 0.6) is 0 Å². The van der Waals surface area contributed by atoms with Gasteiger partial charge in [0, 0.05) is 43.4 Å². The van der Waals surface area contributed by atoms with Crippen molar-refractivity contribution in [3.05, 3.63) is 63.7 Å². The highest BCUT2D eigenvalue weighted by Gasteiger charge is 2.31. The van der Waals surface area contributed by atoms with Crippen LogP contribution < -0.4 is 5.32 Å². The summed E-state index contributed by atoms with van der Waals surface area (Å²) in [6, 6.07) is 5.27. The third-order valence-corrected chi connectivity index (χ3v) is 6.34. The minimum absolute atomic E-state index is 0.0966. The van der Waals surface area contributed by atoms with Crippen molar-refractivity contribution < 1.29 is 23.1 Å². The topological polar surface area (TPSA) is 104 Å². The summed E-state index contributed by atoms with van der Waals surface area (Å²) in [6.07, 6.45) is 3.85. The largest absolute Gasteiger partial charge is 0.421 e. The average Bonchev–Trinajstić information content (AvgIpc) is 3.33. The first-order valence-corrected chi connectivity index (χ1v) is 12.0. The molecule has 1 aliphatic rings. The number of urea groups is 1. The van der Waals surface area contributed by atoms with Gasteiger partial charge in [0.15, 0.2) is 0 Å². The van der Waals surface area contributed by atoms with Crippen LogP contribution in [0.25, 0.3) is 17.0 Å². The molecule has 3 aromatic rings. The molecule has 4 rings (SSSR count). The van der Waals surface area contributed by atoms with Crippen molar-refractivity contribution in [2.45, 2.75) is 32.1 Å². The zero-order valence-corrected chi connectivity index (χ0v) is 20.8. The summed E-state index contributed by atoms with van der Waals surface area (Å²) >= 11 is 12.5. The summed E-state index contributed by atoms with van der Waals surface area (Å²) in [5, 5.41) is 19.8. The van der Waals surface area contributed by atoms with Crippen molar-refractivity contribution in [3.8, 4) is 11.5 Å². The van der Waals surface area contributed by atoms with Gasteiger partial charge in [0.2, 0.25) is 11.8 Å². The van der Waals surface area contributed by atoms with Gasteiger partial charge < -0.3 is 19.7 Å². The van der Waals surface area contributed by atoms with Crippen molar-refractivity contribution in [1.82, 2.24) is 20.1 Å². The number of nitrogens with one attached hydrogen (secondary N) is 1. The standard InChI is InChI=1S/C24H23Cl2F2N5O3/c1-2-24(27,28)17-4-3-16(12-18(17)25)30-23(35)33-8-5-14(6-9-33)21-19(26)11-15(13-29-21)22-32-31-20(36-22)7-10-34/h3-5,11-13,34H,2,6-10H2,1H3,(H,30,35). The Hall–Kier alpha value is -3.08. The van der Waals surface area contributed by atoms with Crippen LogP contribution in [0.2, 0.25) is 10.0 Å². The number of hydrogen-bond acceptors (Lipinski definition) is 6. The fourth-order valence-corrected chi connectivity index (χ4v) is 4.32. The van der Waals surface area contributed by atoms with Gasteiger partial charge in [-0.05, 0) is 36.3 Å². The number of hydrogen-bond donors (Lipinski definition) is 2. The first-order valence-electron chi connectivity index (χ1n) is 11.2. The van der Waals surface area contributed by atoms with E-state index in [0.29, 0.717) is 47.4 Å². The number of anilines is 1. The zero-order valence-electron chi connectivity index (χ0n) is 19.3. The molecule has 190 valence electrons. The highest BCUT2D eigenvalue weighted by Crippen LogP contribution is 2.37. The maximum atomic E-state index is 14.0. The summed E-state index contributed by atoms with van der Waals surface area (Å²) in [5.41, 5.74) is 2.10. The van der Waals surface area contributed by atoms with E-state index in [1.54, 1.807) is 17.2 Å². The summed E-state index contributed by atoms with van der Waals surface area (Å²) in [6.45, 7) is 2.01. The van der Waals surface area contributed by atoms with Crippen LogP contribution in [0.4, 0.5) is 19.3 Å². The van der Waals surface area contributed by atoms with Crippen LogP contribution in [0.15, 0.2) is 41.0 Å². The molecule has 36 heavy (non-hydrogen) atoms. The van der Waals surface area contributed by atoms with Gasteiger partial charge in [0.05, 0.1) is 27.9 Å². The van der Waals surface area contributed by atoms with Crippen molar-refractivity contribution in [2.75, 3.05) is 25.0 Å². The van der Waals surface area contributed by atoms with E-state index in [1.165, 1.54) is 25.1 Å². The number of aliphatic hydroxyl groups excluding tert-OH is 1. The van der Waals surface area contributed by atoms with Crippen LogP contribution >= 0.6 is 23.2 Å². The zero-order chi connectivity index (χ0) is 25.9. The first-order chi connectivity index (χ1) is 17.2. The number of alkyl halides is 2. The van der Waals surface area contributed by atoms with E-state index in [4.69, 9.17) is 32.7 Å². The van der Waals surface area contributed by atoms with Crippen LogP contribution in [0.3, 0.4) is 0 Å². The second-order valence-electron chi connectivity index (χ2n) is 8.14. The third-order valence-electron chi connectivity index (χ3n) is 5.74. The molecule has 8 nitrogen and oxygen atoms in total. The van der Waals surface area contributed by atoms with Gasteiger partial charge in [-0.3, -0.25) is 4.98 Å². The Bertz CT molecular complexity index is 1300. The number of halogens is 4. The molecule has 1 aromatic carbocycles. The normalized spacial score (nSPS) is 14.1. The molecular formula is C24H23Cl2F2N5O3. The smallest absolute Gasteiger partial charge is 0.322 e. The van der Waals surface area contributed by atoms with Gasteiger partial charge in [0.1, 0.15) is 0 Å². The number of amides is 2. The molecule has 0 fully saturated rings. The Kier molecular flexibility index (Phi) is 7.87. The van der Waals surface area contributed by atoms with Gasteiger partial charge in [0.25, 0.3) is 5.92 Å². The lowest BCUT2D eigenvalue weighted by Crippen LogP contribution is -2.38. The van der Waals surface area contributed by atoms with Crippen LogP contribution in [-0.2, 0) is 12.3 Å². The molecule has 0 bridgehead atoms. The average molecular weight is 538 g/mol. The summed E-state index contributed by atoms with van der Waals surface area (Å²) < 4.78 is 33.4. The SMILES string of the molecule is CCC(F)(F)c1ccc(NC(=O)N2CC=C(c3ncc(-c4nnc(CCO)o4)cc3Cl)CC2)cc1Cl. The maximum absolute atomic E-state index is 14.0. The van der Waals surface area contributed by atoms with E-state index in [-0.39, 0.29) is 42.0 Å². The van der Waals surface area contributed by atoms with Crippen LogP contribution in [0.1, 0.15) is 36.9 Å². The predicted molar refractivity (Wildman–Crippen MR) is 132 cm³/mol. The van der Waals surface area contributed by atoms with Crippen molar-refractivity contribution in [1.29, 1.82) is 0 Å². The van der Waals surface area contributed by atoms with E-state index in [1.807, 2.05) is 6.08 Å². The molecule has 0 saturated heterocycles.